The normalized spacial score (nSPS) is 13.0. The molecule has 0 rings (SSSR count). The van der Waals surface area contributed by atoms with E-state index in [1.165, 1.54) is 103 Å². The molecular formula is C38H74NO8+. The number of nitrogens with zero attached hydrogens (tertiary/aromatic N) is 1. The monoisotopic (exact) mass is 673 g/mol. The highest BCUT2D eigenvalue weighted by Gasteiger charge is 2.25. The molecule has 0 spiro atoms. The third-order valence-electron chi connectivity index (χ3n) is 8.36. The number of esters is 2. The Kier molecular flexibility index (Phi) is 30.4. The molecule has 0 saturated carbocycles. The first kappa shape index (κ1) is 45.3. The zero-order chi connectivity index (χ0) is 35.0. The van der Waals surface area contributed by atoms with E-state index in [2.05, 4.69) is 13.8 Å². The second kappa shape index (κ2) is 31.6. The maximum Gasteiger partial charge on any atom is 0.361 e. The minimum Gasteiger partial charge on any atom is -0.477 e. The van der Waals surface area contributed by atoms with Crippen molar-refractivity contribution in [2.24, 2.45) is 0 Å². The van der Waals surface area contributed by atoms with Crippen molar-refractivity contribution in [3.05, 3.63) is 0 Å². The average Bonchev–Trinajstić information content (AvgIpc) is 3.02. The number of unbranched alkanes of at least 4 members (excludes halogenated alkanes) is 20. The van der Waals surface area contributed by atoms with E-state index in [0.717, 1.165) is 38.5 Å². The van der Waals surface area contributed by atoms with Crippen LogP contribution in [0.25, 0.3) is 0 Å². The largest absolute Gasteiger partial charge is 0.477 e. The first-order valence-electron chi connectivity index (χ1n) is 19.2. The molecule has 0 aromatic heterocycles. The van der Waals surface area contributed by atoms with Gasteiger partial charge in [-0.15, -0.1) is 0 Å². The van der Waals surface area contributed by atoms with Crippen LogP contribution >= 0.6 is 0 Å². The lowest BCUT2D eigenvalue weighted by Crippen LogP contribution is -2.40. The van der Waals surface area contributed by atoms with Gasteiger partial charge < -0.3 is 28.5 Å². The standard InChI is InChI=1S/C38H73NO8/c1-6-8-10-12-14-15-16-17-18-19-20-21-22-23-25-27-29-36(41)47-34(32-45-35(40)28-26-24-13-11-9-7-2)33-46-38(37(42)43)44-31-30-39(3,4)5/h34,38H,6-33H2,1-5H3/p+1. The molecule has 0 aliphatic heterocycles. The van der Waals surface area contributed by atoms with E-state index in [-0.39, 0.29) is 32.2 Å². The summed E-state index contributed by atoms with van der Waals surface area (Å²) in [6.07, 6.45) is 24.7. The molecule has 0 saturated heterocycles. The summed E-state index contributed by atoms with van der Waals surface area (Å²) in [6.45, 7) is 4.81. The van der Waals surface area contributed by atoms with Crippen molar-refractivity contribution in [2.75, 3.05) is 47.5 Å². The minimum absolute atomic E-state index is 0.176. The number of carboxylic acids is 1. The molecule has 0 amide bonds. The maximum atomic E-state index is 12.6. The van der Waals surface area contributed by atoms with Crippen molar-refractivity contribution >= 4 is 17.9 Å². The number of quaternary nitrogens is 1. The molecule has 0 fully saturated rings. The van der Waals surface area contributed by atoms with Crippen molar-refractivity contribution in [2.45, 2.75) is 180 Å². The lowest BCUT2D eigenvalue weighted by molar-refractivity contribution is -0.870. The number of hydrogen-bond donors (Lipinski definition) is 1. The molecule has 2 atom stereocenters. The van der Waals surface area contributed by atoms with Gasteiger partial charge in [-0.05, 0) is 12.8 Å². The molecule has 0 aromatic rings. The molecule has 9 nitrogen and oxygen atoms in total. The molecule has 0 aliphatic rings. The summed E-state index contributed by atoms with van der Waals surface area (Å²) < 4.78 is 22.5. The van der Waals surface area contributed by atoms with Crippen LogP contribution < -0.4 is 0 Å². The van der Waals surface area contributed by atoms with Crippen molar-refractivity contribution in [1.29, 1.82) is 0 Å². The van der Waals surface area contributed by atoms with E-state index < -0.39 is 24.3 Å². The van der Waals surface area contributed by atoms with Crippen LogP contribution in [0.4, 0.5) is 0 Å². The Morgan fingerprint density at radius 2 is 0.957 bits per heavy atom. The summed E-state index contributed by atoms with van der Waals surface area (Å²) in [7, 11) is 5.94. The van der Waals surface area contributed by atoms with Gasteiger partial charge in [0.15, 0.2) is 6.10 Å². The van der Waals surface area contributed by atoms with Crippen LogP contribution in [0.2, 0.25) is 0 Å². The predicted octanol–water partition coefficient (Wildman–Crippen LogP) is 8.99. The van der Waals surface area contributed by atoms with Gasteiger partial charge in [0.25, 0.3) is 6.29 Å². The Balaban J connectivity index is 4.39. The third-order valence-corrected chi connectivity index (χ3v) is 8.36. The van der Waals surface area contributed by atoms with Gasteiger partial charge in [-0.25, -0.2) is 4.79 Å². The second-order valence-electron chi connectivity index (χ2n) is 14.3. The van der Waals surface area contributed by atoms with Gasteiger partial charge in [0.2, 0.25) is 0 Å². The zero-order valence-electron chi connectivity index (χ0n) is 31.2. The SMILES string of the molecule is CCCCCCCCCCCCCCCCCCC(=O)OC(COC(=O)CCCCCCCC)COC(OCC[N+](C)(C)C)C(=O)O. The number of carbonyl (C=O) groups excluding carboxylic acids is 2. The number of carbonyl (C=O) groups is 3. The minimum atomic E-state index is -1.50. The lowest BCUT2D eigenvalue weighted by Gasteiger charge is -2.25. The van der Waals surface area contributed by atoms with Gasteiger partial charge in [-0.3, -0.25) is 9.59 Å². The number of hydrogen-bond acceptors (Lipinski definition) is 7. The van der Waals surface area contributed by atoms with E-state index in [1.807, 2.05) is 21.1 Å². The Labute approximate surface area is 288 Å². The van der Waals surface area contributed by atoms with Gasteiger partial charge in [0.1, 0.15) is 13.2 Å². The Bertz CT molecular complexity index is 754. The molecule has 1 N–H and O–H groups in total. The average molecular weight is 673 g/mol. The van der Waals surface area contributed by atoms with Crippen molar-refractivity contribution in [3.8, 4) is 0 Å². The molecule has 0 bridgehead atoms. The number of ether oxygens (including phenoxy) is 4. The highest BCUT2D eigenvalue weighted by Crippen LogP contribution is 2.15. The van der Waals surface area contributed by atoms with Gasteiger partial charge in [0, 0.05) is 12.8 Å². The maximum absolute atomic E-state index is 12.6. The number of carboxylic acid groups (broad SMARTS) is 1. The first-order valence-corrected chi connectivity index (χ1v) is 19.2. The van der Waals surface area contributed by atoms with Crippen LogP contribution in [-0.2, 0) is 33.3 Å². The molecule has 278 valence electrons. The number of likely N-dealkylation sites (N-methyl/N-ethyl adjacent to an activating group) is 1. The fourth-order valence-corrected chi connectivity index (χ4v) is 5.31. The highest BCUT2D eigenvalue weighted by molar-refractivity contribution is 5.71. The predicted molar refractivity (Wildman–Crippen MR) is 189 cm³/mol. The number of aliphatic carboxylic acids is 1. The summed E-state index contributed by atoms with van der Waals surface area (Å²) in [5.41, 5.74) is 0. The van der Waals surface area contributed by atoms with E-state index in [4.69, 9.17) is 18.9 Å². The zero-order valence-corrected chi connectivity index (χ0v) is 31.2. The van der Waals surface area contributed by atoms with Gasteiger partial charge in [0.05, 0.1) is 34.4 Å². The van der Waals surface area contributed by atoms with Gasteiger partial charge in [-0.1, -0.05) is 142 Å². The summed E-state index contributed by atoms with van der Waals surface area (Å²) >= 11 is 0. The highest BCUT2D eigenvalue weighted by atomic mass is 16.7. The molecule has 0 aliphatic carbocycles. The van der Waals surface area contributed by atoms with E-state index >= 15 is 0 Å². The van der Waals surface area contributed by atoms with Gasteiger partial charge in [-0.2, -0.15) is 0 Å². The molecule has 47 heavy (non-hydrogen) atoms. The molecular weight excluding hydrogens is 598 g/mol. The van der Waals surface area contributed by atoms with Crippen molar-refractivity contribution in [1.82, 2.24) is 0 Å². The van der Waals surface area contributed by atoms with Crippen LogP contribution in [0.1, 0.15) is 168 Å². The molecule has 0 heterocycles. The number of rotatable bonds is 35. The molecule has 2 unspecified atom stereocenters. The lowest BCUT2D eigenvalue weighted by atomic mass is 10.0. The third kappa shape index (κ3) is 32.6. The van der Waals surface area contributed by atoms with Crippen LogP contribution in [-0.4, -0.2) is 87.4 Å². The second-order valence-corrected chi connectivity index (χ2v) is 14.3. The topological polar surface area (TPSA) is 108 Å². The van der Waals surface area contributed by atoms with Crippen molar-refractivity contribution in [3.63, 3.8) is 0 Å². The summed E-state index contributed by atoms with van der Waals surface area (Å²) in [4.78, 5) is 36.7. The Hall–Kier alpha value is -1.71. The molecule has 9 heteroatoms. The quantitative estimate of drug-likeness (QED) is 0.0308. The Morgan fingerprint density at radius 3 is 1.36 bits per heavy atom. The van der Waals surface area contributed by atoms with E-state index in [0.29, 0.717) is 17.4 Å². The van der Waals surface area contributed by atoms with Crippen LogP contribution in [0.5, 0.6) is 0 Å². The van der Waals surface area contributed by atoms with E-state index in [1.54, 1.807) is 0 Å². The van der Waals surface area contributed by atoms with Crippen LogP contribution in [0.15, 0.2) is 0 Å². The fourth-order valence-electron chi connectivity index (χ4n) is 5.31. The summed E-state index contributed by atoms with van der Waals surface area (Å²) in [6, 6.07) is 0. The summed E-state index contributed by atoms with van der Waals surface area (Å²) in [5, 5.41) is 9.55. The first-order chi connectivity index (χ1) is 22.6. The smallest absolute Gasteiger partial charge is 0.361 e. The molecule has 0 radical (unpaired) electrons. The molecule has 0 aromatic carbocycles. The summed E-state index contributed by atoms with van der Waals surface area (Å²) in [5.74, 6) is -2.01. The van der Waals surface area contributed by atoms with Crippen LogP contribution in [0, 0.1) is 0 Å². The van der Waals surface area contributed by atoms with Gasteiger partial charge >= 0.3 is 17.9 Å². The van der Waals surface area contributed by atoms with Crippen LogP contribution in [0.3, 0.4) is 0 Å². The Morgan fingerprint density at radius 1 is 0.553 bits per heavy atom. The van der Waals surface area contributed by atoms with E-state index in [9.17, 15) is 19.5 Å². The fraction of sp³-hybridized carbons (Fsp3) is 0.921. The van der Waals surface area contributed by atoms with Crippen molar-refractivity contribution < 1.29 is 42.9 Å².